The van der Waals surface area contributed by atoms with Crippen LogP contribution >= 0.6 is 11.3 Å². The molecule has 0 saturated heterocycles. The van der Waals surface area contributed by atoms with Crippen LogP contribution in [0.1, 0.15) is 0 Å². The van der Waals surface area contributed by atoms with E-state index in [9.17, 15) is 0 Å². The smallest absolute Gasteiger partial charge is 0.161 e. The van der Waals surface area contributed by atoms with Crippen molar-refractivity contribution in [1.29, 1.82) is 0 Å². The fourth-order valence-electron chi connectivity index (χ4n) is 7.77. The molecule has 0 radical (unpaired) electrons. The van der Waals surface area contributed by atoms with Gasteiger partial charge in [0.25, 0.3) is 0 Å². The maximum atomic E-state index is 6.17. The van der Waals surface area contributed by atoms with Crippen molar-refractivity contribution in [2.24, 2.45) is 0 Å². The number of nitrogen functional groups attached to an aromatic ring is 1. The highest BCUT2D eigenvalue weighted by molar-refractivity contribution is 7.21. The van der Waals surface area contributed by atoms with E-state index in [4.69, 9.17) is 20.7 Å². The summed E-state index contributed by atoms with van der Waals surface area (Å²) < 4.78 is 1.17. The molecule has 10 aromatic rings. The van der Waals surface area contributed by atoms with E-state index >= 15 is 0 Å². The first kappa shape index (κ1) is 35.0. The number of rotatable bonds is 8. The third-order valence-corrected chi connectivity index (χ3v) is 11.6. The molecule has 274 valence electrons. The van der Waals surface area contributed by atoms with Crippen LogP contribution in [0.15, 0.2) is 206 Å². The molecule has 4 nitrogen and oxygen atoms in total. The van der Waals surface area contributed by atoms with Crippen molar-refractivity contribution >= 4 is 27.2 Å². The lowest BCUT2D eigenvalue weighted by atomic mass is 9.89. The highest BCUT2D eigenvalue weighted by Crippen LogP contribution is 2.45. The predicted octanol–water partition coefficient (Wildman–Crippen LogP) is 14.0. The molecular formula is C53H36N4S. The molecule has 0 amide bonds. The van der Waals surface area contributed by atoms with E-state index in [1.165, 1.54) is 4.70 Å². The third kappa shape index (κ3) is 6.64. The van der Waals surface area contributed by atoms with Crippen LogP contribution < -0.4 is 5.73 Å². The van der Waals surface area contributed by atoms with Gasteiger partial charge in [-0.05, 0) is 63.2 Å². The van der Waals surface area contributed by atoms with Gasteiger partial charge in [-0.15, -0.1) is 11.3 Å². The van der Waals surface area contributed by atoms with Gasteiger partial charge in [0.15, 0.2) is 5.82 Å². The van der Waals surface area contributed by atoms with Crippen LogP contribution in [-0.4, -0.2) is 15.0 Å². The molecule has 10 rings (SSSR count). The van der Waals surface area contributed by atoms with Crippen LogP contribution in [0, 0.1) is 0 Å². The molecule has 0 fully saturated rings. The number of thiazole rings is 1. The lowest BCUT2D eigenvalue weighted by Crippen LogP contribution is -2.02. The summed E-state index contributed by atoms with van der Waals surface area (Å²) in [6.45, 7) is 0. The fourth-order valence-corrected chi connectivity index (χ4v) is 8.77. The molecule has 8 aromatic carbocycles. The van der Waals surface area contributed by atoms with E-state index in [1.807, 2.05) is 36.4 Å². The number of nitrogens with two attached hydrogens (primary N) is 1. The van der Waals surface area contributed by atoms with Gasteiger partial charge in [0.05, 0.1) is 21.6 Å². The van der Waals surface area contributed by atoms with Crippen LogP contribution in [0.5, 0.6) is 0 Å². The van der Waals surface area contributed by atoms with Crippen LogP contribution in [-0.2, 0) is 0 Å². The quantitative estimate of drug-likeness (QED) is 0.157. The van der Waals surface area contributed by atoms with Gasteiger partial charge in [-0.3, -0.25) is 0 Å². The molecule has 58 heavy (non-hydrogen) atoms. The first-order chi connectivity index (χ1) is 28.7. The molecule has 0 aliphatic carbocycles. The molecule has 0 unspecified atom stereocenters. The number of anilines is 1. The lowest BCUT2D eigenvalue weighted by Gasteiger charge is -2.19. The Balaban J connectivity index is 1.18. The van der Waals surface area contributed by atoms with Gasteiger partial charge in [-0.25, -0.2) is 15.0 Å². The summed E-state index contributed by atoms with van der Waals surface area (Å²) in [6, 6.07) is 71.6. The van der Waals surface area contributed by atoms with Gasteiger partial charge in [-0.1, -0.05) is 182 Å². The van der Waals surface area contributed by atoms with E-state index < -0.39 is 0 Å². The van der Waals surface area contributed by atoms with Crippen molar-refractivity contribution in [3.63, 3.8) is 0 Å². The molecule has 2 heterocycles. The number of hydrogen-bond acceptors (Lipinski definition) is 5. The highest BCUT2D eigenvalue weighted by Gasteiger charge is 2.23. The van der Waals surface area contributed by atoms with Crippen LogP contribution in [0.3, 0.4) is 0 Å². The minimum absolute atomic E-state index is 0.651. The average Bonchev–Trinajstić information content (AvgIpc) is 3.74. The summed E-state index contributed by atoms with van der Waals surface area (Å²) in [7, 11) is 0. The van der Waals surface area contributed by atoms with Gasteiger partial charge in [0.2, 0.25) is 0 Å². The Labute approximate surface area is 341 Å². The molecule has 0 aliphatic rings. The van der Waals surface area contributed by atoms with Gasteiger partial charge < -0.3 is 5.73 Å². The van der Waals surface area contributed by atoms with Crippen molar-refractivity contribution in [3.05, 3.63) is 206 Å². The second-order valence-electron chi connectivity index (χ2n) is 14.2. The zero-order valence-corrected chi connectivity index (χ0v) is 32.3. The molecule has 2 aromatic heterocycles. The SMILES string of the molecule is Nc1cccc(-c2ccc(-c3nc(-c4ccccc4-c4ccccc4-c4ccccc4-c4nc5ccccc5s4)nc(-c4ccccc4)c3-c3ccccc3)cc2)c1. The first-order valence-electron chi connectivity index (χ1n) is 19.3. The summed E-state index contributed by atoms with van der Waals surface area (Å²) in [5, 5.41) is 0.999. The average molecular weight is 761 g/mol. The topological polar surface area (TPSA) is 64.7 Å². The normalized spacial score (nSPS) is 11.2. The van der Waals surface area contributed by atoms with Gasteiger partial charge in [-0.2, -0.15) is 0 Å². The van der Waals surface area contributed by atoms with Crippen molar-refractivity contribution in [2.45, 2.75) is 0 Å². The number of aromatic nitrogens is 3. The summed E-state index contributed by atoms with van der Waals surface area (Å²) in [5.41, 5.74) is 22.3. The zero-order valence-electron chi connectivity index (χ0n) is 31.5. The maximum Gasteiger partial charge on any atom is 0.161 e. The standard InChI is InChI=1S/C53H36N4S/c54-40-21-15-20-39(34-40)35-30-32-38(33-31-35)51-49(36-16-3-1-4-17-36)50(37-18-5-2-6-19-37)56-52(57-51)45-26-11-9-24-43(45)41-22-7-8-23-42(41)44-25-10-12-27-46(44)53-55-47-28-13-14-29-48(47)58-53/h1-34H,54H2. The summed E-state index contributed by atoms with van der Waals surface area (Å²) in [6.07, 6.45) is 0. The van der Waals surface area contributed by atoms with Gasteiger partial charge >= 0.3 is 0 Å². The van der Waals surface area contributed by atoms with Crippen molar-refractivity contribution in [1.82, 2.24) is 15.0 Å². The Kier molecular flexibility index (Phi) is 9.18. The van der Waals surface area contributed by atoms with Gasteiger partial charge in [0.1, 0.15) is 5.01 Å². The maximum absolute atomic E-state index is 6.17. The minimum atomic E-state index is 0.651. The fraction of sp³-hybridized carbons (Fsp3) is 0. The van der Waals surface area contributed by atoms with Crippen LogP contribution in [0.2, 0.25) is 0 Å². The van der Waals surface area contributed by atoms with Crippen LogP contribution in [0.4, 0.5) is 5.69 Å². The van der Waals surface area contributed by atoms with Crippen LogP contribution in [0.25, 0.3) is 99.2 Å². The molecule has 0 atom stereocenters. The molecule has 0 bridgehead atoms. The Hall–Kier alpha value is -7.47. The first-order valence-corrected chi connectivity index (χ1v) is 20.1. The van der Waals surface area contributed by atoms with E-state index in [1.54, 1.807) is 11.3 Å². The molecule has 0 aliphatic heterocycles. The predicted molar refractivity (Wildman–Crippen MR) is 243 cm³/mol. The van der Waals surface area contributed by atoms with E-state index in [2.05, 4.69) is 170 Å². The summed E-state index contributed by atoms with van der Waals surface area (Å²) >= 11 is 1.72. The second-order valence-corrected chi connectivity index (χ2v) is 15.2. The summed E-state index contributed by atoms with van der Waals surface area (Å²) in [4.78, 5) is 16.1. The lowest BCUT2D eigenvalue weighted by molar-refractivity contribution is 1.18. The number of hydrogen-bond donors (Lipinski definition) is 1. The Morgan fingerprint density at radius 3 is 1.43 bits per heavy atom. The van der Waals surface area contributed by atoms with Crippen molar-refractivity contribution in [2.75, 3.05) is 5.73 Å². The van der Waals surface area contributed by atoms with Gasteiger partial charge in [0, 0.05) is 33.5 Å². The minimum Gasteiger partial charge on any atom is -0.399 e. The second kappa shape index (κ2) is 15.2. The molecular weight excluding hydrogens is 725 g/mol. The molecule has 0 saturated carbocycles. The number of nitrogens with zero attached hydrogens (tertiary/aromatic N) is 3. The van der Waals surface area contributed by atoms with Crippen molar-refractivity contribution in [3.8, 4) is 89.0 Å². The van der Waals surface area contributed by atoms with E-state index in [0.29, 0.717) is 5.82 Å². The van der Waals surface area contributed by atoms with E-state index in [-0.39, 0.29) is 0 Å². The largest absolute Gasteiger partial charge is 0.399 e. The highest BCUT2D eigenvalue weighted by atomic mass is 32.1. The Bertz CT molecular complexity index is 3030. The molecule has 5 heteroatoms. The number of benzene rings is 8. The Morgan fingerprint density at radius 1 is 0.345 bits per heavy atom. The number of para-hydroxylation sites is 1. The monoisotopic (exact) mass is 760 g/mol. The third-order valence-electron chi connectivity index (χ3n) is 10.5. The molecule has 0 spiro atoms. The Morgan fingerprint density at radius 2 is 0.810 bits per heavy atom. The summed E-state index contributed by atoms with van der Waals surface area (Å²) in [5.74, 6) is 0.651. The molecule has 2 N–H and O–H groups in total. The zero-order chi connectivity index (χ0) is 38.8. The van der Waals surface area contributed by atoms with Crippen molar-refractivity contribution < 1.29 is 0 Å². The van der Waals surface area contributed by atoms with E-state index in [0.717, 1.165) is 94.4 Å². The number of fused-ring (bicyclic) bond motifs is 1.